The molecule has 2 aromatic rings. The van der Waals surface area contributed by atoms with E-state index in [4.69, 9.17) is 28.5 Å². The minimum atomic E-state index is -1.71. The number of hydrogen-bond acceptors (Lipinski definition) is 16. The van der Waals surface area contributed by atoms with E-state index in [9.17, 15) is 45.6 Å². The highest BCUT2D eigenvalue weighted by atomic mass is 16.7. The van der Waals surface area contributed by atoms with Gasteiger partial charge in [0.05, 0.1) is 42.0 Å². The molecular weight excluding hydrogens is 756 g/mol. The van der Waals surface area contributed by atoms with Crippen molar-refractivity contribution in [3.05, 3.63) is 64.7 Å². The highest BCUT2D eigenvalue weighted by Gasteiger charge is 2.71. The quantitative estimate of drug-likeness (QED) is 0.0977. The molecule has 8 rings (SSSR count). The predicted octanol–water partition coefficient (Wildman–Crippen LogP) is 1.11. The number of nitrogens with zero attached hydrogens (tertiary/aromatic N) is 1. The van der Waals surface area contributed by atoms with Gasteiger partial charge in [0.25, 0.3) is 0 Å². The van der Waals surface area contributed by atoms with Gasteiger partial charge in [0, 0.05) is 29.5 Å². The first kappa shape index (κ1) is 41.9. The van der Waals surface area contributed by atoms with E-state index < -0.39 is 102 Å². The fourth-order valence-electron chi connectivity index (χ4n) is 11.9. The Kier molecular flexibility index (Phi) is 11.5. The van der Waals surface area contributed by atoms with Crippen LogP contribution < -0.4 is 11.1 Å². The summed E-state index contributed by atoms with van der Waals surface area (Å²) in [5.74, 6) is -0.273. The first-order chi connectivity index (χ1) is 27.6. The number of aliphatic hydroxyl groups excluding tert-OH is 6. The summed E-state index contributed by atoms with van der Waals surface area (Å²) in [6, 6.07) is 12.8. The van der Waals surface area contributed by atoms with E-state index >= 15 is 0 Å². The Labute approximate surface area is 336 Å². The molecule has 16 heteroatoms. The van der Waals surface area contributed by atoms with Crippen LogP contribution in [0.25, 0.3) is 0 Å². The third-order valence-electron chi connectivity index (χ3n) is 15.1. The molecule has 58 heavy (non-hydrogen) atoms. The average molecular weight is 815 g/mol. The lowest BCUT2D eigenvalue weighted by Crippen LogP contribution is -2.69. The van der Waals surface area contributed by atoms with Crippen LogP contribution in [0, 0.1) is 22.7 Å². The van der Waals surface area contributed by atoms with Crippen molar-refractivity contribution in [3.8, 4) is 0 Å². The number of fused-ring (bicyclic) bond motifs is 5. The van der Waals surface area contributed by atoms with E-state index in [2.05, 4.69) is 12.3 Å². The van der Waals surface area contributed by atoms with Gasteiger partial charge in [-0.05, 0) is 99.8 Å². The smallest absolute Gasteiger partial charge is 0.335 e. The number of hydrazone groups is 1. The number of para-hydroxylation sites is 1. The maximum atomic E-state index is 12.9. The van der Waals surface area contributed by atoms with Gasteiger partial charge in [-0.3, -0.25) is 5.43 Å². The zero-order valence-electron chi connectivity index (χ0n) is 32.8. The molecule has 2 saturated heterocycles. The van der Waals surface area contributed by atoms with Crippen molar-refractivity contribution < 1.29 is 64.2 Å². The first-order valence-electron chi connectivity index (χ1n) is 20.7. The average Bonchev–Trinajstić information content (AvgIpc) is 3.49. The van der Waals surface area contributed by atoms with Crippen LogP contribution in [0.5, 0.6) is 0 Å². The monoisotopic (exact) mass is 814 g/mol. The van der Waals surface area contributed by atoms with Gasteiger partial charge in [-0.25, -0.2) is 4.79 Å². The molecule has 6 aliphatic rings. The Morgan fingerprint density at radius 3 is 2.28 bits per heavy atom. The molecule has 1 aromatic carbocycles. The maximum Gasteiger partial charge on any atom is 0.335 e. The van der Waals surface area contributed by atoms with Crippen molar-refractivity contribution in [2.24, 2.45) is 27.8 Å². The summed E-state index contributed by atoms with van der Waals surface area (Å²) in [4.78, 5) is 11.8. The maximum absolute atomic E-state index is 12.9. The van der Waals surface area contributed by atoms with Crippen molar-refractivity contribution in [2.45, 2.75) is 156 Å². The zero-order chi connectivity index (χ0) is 41.2. The lowest BCUT2D eigenvalue weighted by Gasteiger charge is -2.66. The Hall–Kier alpha value is -2.84. The fraction of sp³-hybridized carbons (Fsp3) is 0.714. The summed E-state index contributed by atoms with van der Waals surface area (Å²) in [6.07, 6.45) is -6.90. The molecule has 0 radical (unpaired) electrons. The van der Waals surface area contributed by atoms with Crippen molar-refractivity contribution in [2.75, 3.05) is 12.0 Å². The number of aliphatic hydroxyl groups is 8. The molecule has 16 nitrogen and oxygen atoms in total. The molecule has 0 bridgehead atoms. The summed E-state index contributed by atoms with van der Waals surface area (Å²) >= 11 is 0. The molecule has 0 spiro atoms. The highest BCUT2D eigenvalue weighted by molar-refractivity contribution is 5.71. The normalized spacial score (nSPS) is 47.9. The van der Waals surface area contributed by atoms with Crippen LogP contribution >= 0.6 is 0 Å². The topological polar surface area (TPSA) is 253 Å². The standard InChI is InChI=1S/C42H58N2O14/c1-22-36(58-38-34(50)32(48)31(47)29(19-45)57-38)33(49)35(51)37(55-22)56-25-10-15-40(21-43-44-24-6-4-3-5-7-24)27-11-14-39(2)26(23-8-9-30(46)54-20-23)13-17-42(39,53)28(27)12-16-41(40,52)18-25/h3-9,20-22,25-29,31-38,44-45,47-53H,10-19H2,1-2H3/b43-21+/t22-,25-,26+,27-,28+,29+,31+,32-,33-,34+,35+,36-,37-,38-,39+,40-,41-,42-/m0/s1. The molecule has 2 aliphatic heterocycles. The van der Waals surface area contributed by atoms with Crippen molar-refractivity contribution in [1.82, 2.24) is 0 Å². The van der Waals surface area contributed by atoms with Crippen LogP contribution in [0.1, 0.15) is 83.1 Å². The number of anilines is 1. The summed E-state index contributed by atoms with van der Waals surface area (Å²) in [5, 5.41) is 93.5. The van der Waals surface area contributed by atoms with Crippen molar-refractivity contribution >= 4 is 11.9 Å². The predicted molar refractivity (Wildman–Crippen MR) is 205 cm³/mol. The van der Waals surface area contributed by atoms with Gasteiger partial charge in [0.1, 0.15) is 42.7 Å². The second-order valence-corrected chi connectivity index (χ2v) is 17.9. The minimum Gasteiger partial charge on any atom is -0.431 e. The molecule has 18 atom stereocenters. The Bertz CT molecular complexity index is 1810. The van der Waals surface area contributed by atoms with Crippen molar-refractivity contribution in [1.29, 1.82) is 0 Å². The number of ether oxygens (including phenoxy) is 4. The van der Waals surface area contributed by atoms with Crippen LogP contribution in [-0.2, 0) is 18.9 Å². The van der Waals surface area contributed by atoms with E-state index in [-0.39, 0.29) is 24.2 Å². The molecular formula is C42H58N2O14. The molecule has 1 aromatic heterocycles. The van der Waals surface area contributed by atoms with E-state index in [1.165, 1.54) is 12.3 Å². The Morgan fingerprint density at radius 2 is 1.55 bits per heavy atom. The second-order valence-electron chi connectivity index (χ2n) is 17.9. The van der Waals surface area contributed by atoms with Gasteiger partial charge < -0.3 is 64.2 Å². The third-order valence-corrected chi connectivity index (χ3v) is 15.1. The molecule has 6 fully saturated rings. The lowest BCUT2D eigenvalue weighted by atomic mass is 9.41. The largest absolute Gasteiger partial charge is 0.431 e. The van der Waals surface area contributed by atoms with Gasteiger partial charge in [0.2, 0.25) is 0 Å². The van der Waals surface area contributed by atoms with Gasteiger partial charge in [-0.1, -0.05) is 25.1 Å². The van der Waals surface area contributed by atoms with Crippen LogP contribution in [0.4, 0.5) is 5.69 Å². The number of nitrogens with one attached hydrogen (secondary N) is 1. The molecule has 3 heterocycles. The van der Waals surface area contributed by atoms with Crippen LogP contribution in [0.3, 0.4) is 0 Å². The molecule has 9 N–H and O–H groups in total. The lowest BCUT2D eigenvalue weighted by molar-refractivity contribution is -0.361. The molecule has 4 aliphatic carbocycles. The molecule has 4 saturated carbocycles. The third kappa shape index (κ3) is 6.86. The SMILES string of the molecule is C[C@@H]1O[C@@H](O[C@H]2CC[C@]3(/C=N/Nc4ccccc4)[C@H]4CC[C@]5(C)[C@@H](c6ccc(=O)oc6)CC[C@]5(O)[C@@H]4CC[C@]3(O)C2)[C@H](O)[C@H](O)[C@H]1O[C@@H]1O[C@H](CO)[C@@H](O)[C@H](O)[C@H]1O. The summed E-state index contributed by atoms with van der Waals surface area (Å²) in [6.45, 7) is 3.07. The van der Waals surface area contributed by atoms with Crippen LogP contribution in [0.2, 0.25) is 0 Å². The fourth-order valence-corrected chi connectivity index (χ4v) is 11.9. The van der Waals surface area contributed by atoms with E-state index in [0.717, 1.165) is 24.1 Å². The van der Waals surface area contributed by atoms with Gasteiger partial charge >= 0.3 is 5.63 Å². The van der Waals surface area contributed by atoms with Gasteiger partial charge in [0.15, 0.2) is 12.6 Å². The Balaban J connectivity index is 1.01. The highest BCUT2D eigenvalue weighted by Crippen LogP contribution is 2.71. The summed E-state index contributed by atoms with van der Waals surface area (Å²) < 4.78 is 28.9. The number of benzene rings is 1. The number of hydrogen-bond donors (Lipinski definition) is 9. The summed E-state index contributed by atoms with van der Waals surface area (Å²) in [5.41, 5.74) is 0.724. The van der Waals surface area contributed by atoms with Gasteiger partial charge in [-0.15, -0.1) is 0 Å². The van der Waals surface area contributed by atoms with E-state index in [0.29, 0.717) is 38.5 Å². The zero-order valence-corrected chi connectivity index (χ0v) is 32.8. The first-order valence-corrected chi connectivity index (χ1v) is 20.7. The Morgan fingerprint density at radius 1 is 0.828 bits per heavy atom. The summed E-state index contributed by atoms with van der Waals surface area (Å²) in [7, 11) is 0. The van der Waals surface area contributed by atoms with Crippen molar-refractivity contribution in [3.63, 3.8) is 0 Å². The van der Waals surface area contributed by atoms with Gasteiger partial charge in [-0.2, -0.15) is 5.10 Å². The number of rotatable bonds is 9. The molecule has 0 amide bonds. The van der Waals surface area contributed by atoms with E-state index in [1.807, 2.05) is 42.6 Å². The van der Waals surface area contributed by atoms with Crippen LogP contribution in [-0.4, -0.2) is 132 Å². The second kappa shape index (κ2) is 15.9. The van der Waals surface area contributed by atoms with Crippen LogP contribution in [0.15, 0.2) is 63.0 Å². The van der Waals surface area contributed by atoms with E-state index in [1.54, 1.807) is 6.92 Å². The minimum absolute atomic E-state index is 0.000944. The molecule has 0 unspecified atom stereocenters. The molecule has 320 valence electrons.